The SMILES string of the molecule is C[C@]1(C(=O)O)CC=CCC1. The number of allylic oxidation sites excluding steroid dienone is 2. The van der Waals surface area contributed by atoms with Crippen molar-refractivity contribution in [2.45, 2.75) is 26.2 Å². The van der Waals surface area contributed by atoms with Gasteiger partial charge in [-0.1, -0.05) is 12.2 Å². The van der Waals surface area contributed by atoms with E-state index < -0.39 is 11.4 Å². The molecule has 56 valence electrons. The fraction of sp³-hybridized carbons (Fsp3) is 0.625. The van der Waals surface area contributed by atoms with Gasteiger partial charge < -0.3 is 5.11 Å². The Kier molecular flexibility index (Phi) is 1.79. The summed E-state index contributed by atoms with van der Waals surface area (Å²) in [6, 6.07) is 0. The lowest BCUT2D eigenvalue weighted by atomic mass is 9.79. The first-order chi connectivity index (χ1) is 4.65. The van der Waals surface area contributed by atoms with Crippen LogP contribution in [0.4, 0.5) is 0 Å². The minimum atomic E-state index is -0.670. The van der Waals surface area contributed by atoms with Crippen LogP contribution in [0.15, 0.2) is 12.2 Å². The van der Waals surface area contributed by atoms with Crippen molar-refractivity contribution in [3.05, 3.63) is 12.2 Å². The van der Waals surface area contributed by atoms with Crippen LogP contribution in [0.5, 0.6) is 0 Å². The molecule has 0 spiro atoms. The average molecular weight is 140 g/mol. The average Bonchev–Trinajstić information content (AvgIpc) is 1.89. The third kappa shape index (κ3) is 1.20. The van der Waals surface area contributed by atoms with Crippen LogP contribution < -0.4 is 0 Å². The number of carbonyl (C=O) groups is 1. The molecule has 2 nitrogen and oxygen atoms in total. The molecular formula is C8H12O2. The molecule has 0 saturated carbocycles. The lowest BCUT2D eigenvalue weighted by Gasteiger charge is -2.25. The summed E-state index contributed by atoms with van der Waals surface area (Å²) in [6.45, 7) is 1.80. The summed E-state index contributed by atoms with van der Waals surface area (Å²) in [5.74, 6) is -0.670. The first-order valence-corrected chi connectivity index (χ1v) is 3.53. The molecular weight excluding hydrogens is 128 g/mol. The summed E-state index contributed by atoms with van der Waals surface area (Å²) < 4.78 is 0. The maximum absolute atomic E-state index is 10.6. The molecule has 10 heavy (non-hydrogen) atoms. The van der Waals surface area contributed by atoms with E-state index >= 15 is 0 Å². The van der Waals surface area contributed by atoms with E-state index in [0.717, 1.165) is 12.8 Å². The van der Waals surface area contributed by atoms with Crippen LogP contribution in [0.2, 0.25) is 0 Å². The summed E-state index contributed by atoms with van der Waals surface area (Å²) in [5, 5.41) is 8.76. The molecule has 1 aliphatic rings. The Morgan fingerprint density at radius 1 is 1.60 bits per heavy atom. The van der Waals surface area contributed by atoms with E-state index in [9.17, 15) is 4.79 Å². The van der Waals surface area contributed by atoms with Crippen molar-refractivity contribution in [2.75, 3.05) is 0 Å². The summed E-state index contributed by atoms with van der Waals surface area (Å²) >= 11 is 0. The third-order valence-electron chi connectivity index (χ3n) is 2.11. The van der Waals surface area contributed by atoms with E-state index in [-0.39, 0.29) is 0 Å². The number of hydrogen-bond acceptors (Lipinski definition) is 1. The van der Waals surface area contributed by atoms with E-state index in [4.69, 9.17) is 5.11 Å². The third-order valence-corrected chi connectivity index (χ3v) is 2.11. The molecule has 0 unspecified atom stereocenters. The second-order valence-electron chi connectivity index (χ2n) is 3.08. The van der Waals surface area contributed by atoms with Crippen LogP contribution in [0, 0.1) is 5.41 Å². The van der Waals surface area contributed by atoms with Gasteiger partial charge in [0.05, 0.1) is 5.41 Å². The van der Waals surface area contributed by atoms with Gasteiger partial charge in [-0.05, 0) is 26.2 Å². The van der Waals surface area contributed by atoms with Gasteiger partial charge in [-0.25, -0.2) is 0 Å². The highest BCUT2D eigenvalue weighted by molar-refractivity contribution is 5.74. The largest absolute Gasteiger partial charge is 0.481 e. The van der Waals surface area contributed by atoms with Gasteiger partial charge in [0.2, 0.25) is 0 Å². The molecule has 1 atom stereocenters. The van der Waals surface area contributed by atoms with Crippen molar-refractivity contribution in [3.63, 3.8) is 0 Å². The first-order valence-electron chi connectivity index (χ1n) is 3.53. The molecule has 1 N–H and O–H groups in total. The summed E-state index contributed by atoms with van der Waals surface area (Å²) in [5.41, 5.74) is -0.491. The van der Waals surface area contributed by atoms with Crippen LogP contribution in [-0.2, 0) is 4.79 Å². The van der Waals surface area contributed by atoms with Crippen LogP contribution in [0.25, 0.3) is 0 Å². The van der Waals surface area contributed by atoms with Crippen LogP contribution in [0.3, 0.4) is 0 Å². The van der Waals surface area contributed by atoms with E-state index in [2.05, 4.69) is 0 Å². The predicted octanol–water partition coefficient (Wildman–Crippen LogP) is 1.82. The first kappa shape index (κ1) is 7.32. The Labute approximate surface area is 60.6 Å². The van der Waals surface area contributed by atoms with Gasteiger partial charge in [0, 0.05) is 0 Å². The molecule has 0 amide bonds. The predicted molar refractivity (Wildman–Crippen MR) is 38.7 cm³/mol. The van der Waals surface area contributed by atoms with Crippen molar-refractivity contribution in [3.8, 4) is 0 Å². The minimum absolute atomic E-state index is 0.491. The quantitative estimate of drug-likeness (QED) is 0.564. The van der Waals surface area contributed by atoms with Gasteiger partial charge in [0.1, 0.15) is 0 Å². The number of aliphatic carboxylic acids is 1. The number of carboxylic acid groups (broad SMARTS) is 1. The molecule has 0 aromatic rings. The van der Waals surface area contributed by atoms with Crippen LogP contribution >= 0.6 is 0 Å². The van der Waals surface area contributed by atoms with Crippen molar-refractivity contribution in [1.82, 2.24) is 0 Å². The molecule has 1 aliphatic carbocycles. The summed E-state index contributed by atoms with van der Waals surface area (Å²) in [7, 11) is 0. The van der Waals surface area contributed by atoms with Crippen molar-refractivity contribution < 1.29 is 9.90 Å². The highest BCUT2D eigenvalue weighted by atomic mass is 16.4. The minimum Gasteiger partial charge on any atom is -0.481 e. The maximum atomic E-state index is 10.6. The normalized spacial score (nSPS) is 32.1. The zero-order chi connectivity index (χ0) is 7.61. The smallest absolute Gasteiger partial charge is 0.309 e. The Balaban J connectivity index is 2.68. The zero-order valence-electron chi connectivity index (χ0n) is 6.13. The van der Waals surface area contributed by atoms with E-state index in [1.165, 1.54) is 0 Å². The standard InChI is InChI=1S/C8H12O2/c1-8(7(9)10)5-3-2-4-6-8/h2-3H,4-6H2,1H3,(H,9,10)/t8-/m0/s1. The van der Waals surface area contributed by atoms with E-state index in [1.54, 1.807) is 6.92 Å². The van der Waals surface area contributed by atoms with Crippen LogP contribution in [-0.4, -0.2) is 11.1 Å². The van der Waals surface area contributed by atoms with E-state index in [1.807, 2.05) is 12.2 Å². The lowest BCUT2D eigenvalue weighted by Crippen LogP contribution is -2.27. The zero-order valence-corrected chi connectivity index (χ0v) is 6.13. The van der Waals surface area contributed by atoms with Gasteiger partial charge in [0.25, 0.3) is 0 Å². The second kappa shape index (κ2) is 2.45. The Hall–Kier alpha value is -0.790. The Morgan fingerprint density at radius 3 is 2.60 bits per heavy atom. The molecule has 0 saturated heterocycles. The highest BCUT2D eigenvalue weighted by Crippen LogP contribution is 2.31. The molecule has 2 heteroatoms. The van der Waals surface area contributed by atoms with Crippen molar-refractivity contribution >= 4 is 5.97 Å². The van der Waals surface area contributed by atoms with Gasteiger partial charge in [-0.15, -0.1) is 0 Å². The van der Waals surface area contributed by atoms with Gasteiger partial charge >= 0.3 is 5.97 Å². The monoisotopic (exact) mass is 140 g/mol. The molecule has 0 aliphatic heterocycles. The molecule has 0 fully saturated rings. The Morgan fingerprint density at radius 2 is 2.30 bits per heavy atom. The molecule has 0 aromatic heterocycles. The maximum Gasteiger partial charge on any atom is 0.309 e. The molecule has 0 bridgehead atoms. The van der Waals surface area contributed by atoms with E-state index in [0.29, 0.717) is 6.42 Å². The number of rotatable bonds is 1. The number of carboxylic acids is 1. The van der Waals surface area contributed by atoms with Crippen molar-refractivity contribution in [2.24, 2.45) is 5.41 Å². The lowest BCUT2D eigenvalue weighted by molar-refractivity contribution is -0.148. The fourth-order valence-electron chi connectivity index (χ4n) is 1.16. The Bertz CT molecular complexity index is 172. The number of hydrogen-bond donors (Lipinski definition) is 1. The summed E-state index contributed by atoms with van der Waals surface area (Å²) in [6.07, 6.45) is 6.37. The highest BCUT2D eigenvalue weighted by Gasteiger charge is 2.32. The molecule has 0 radical (unpaired) electrons. The van der Waals surface area contributed by atoms with Gasteiger partial charge in [0.15, 0.2) is 0 Å². The van der Waals surface area contributed by atoms with Crippen molar-refractivity contribution in [1.29, 1.82) is 0 Å². The second-order valence-corrected chi connectivity index (χ2v) is 3.08. The van der Waals surface area contributed by atoms with Gasteiger partial charge in [-0.2, -0.15) is 0 Å². The van der Waals surface area contributed by atoms with Gasteiger partial charge in [-0.3, -0.25) is 4.79 Å². The fourth-order valence-corrected chi connectivity index (χ4v) is 1.16. The molecule has 0 aromatic carbocycles. The topological polar surface area (TPSA) is 37.3 Å². The summed E-state index contributed by atoms with van der Waals surface area (Å²) in [4.78, 5) is 10.6. The molecule has 0 heterocycles. The van der Waals surface area contributed by atoms with Crippen LogP contribution in [0.1, 0.15) is 26.2 Å². The molecule has 1 rings (SSSR count).